The molecule has 0 spiro atoms. The molecular weight excluding hydrogens is 460 g/mol. The van der Waals surface area contributed by atoms with Gasteiger partial charge in [-0.1, -0.05) is 52.4 Å². The van der Waals surface area contributed by atoms with E-state index in [-0.39, 0.29) is 17.4 Å². The van der Waals surface area contributed by atoms with Crippen LogP contribution in [0.5, 0.6) is 0 Å². The van der Waals surface area contributed by atoms with Crippen LogP contribution in [0.4, 0.5) is 5.82 Å². The van der Waals surface area contributed by atoms with Crippen molar-refractivity contribution >= 4 is 23.5 Å². The van der Waals surface area contributed by atoms with Gasteiger partial charge in [0.2, 0.25) is 0 Å². The van der Waals surface area contributed by atoms with Crippen molar-refractivity contribution in [3.8, 4) is 0 Å². The molecule has 0 aliphatic carbocycles. The number of amides is 3. The van der Waals surface area contributed by atoms with Crippen molar-refractivity contribution in [2.75, 3.05) is 4.90 Å². The van der Waals surface area contributed by atoms with E-state index in [0.29, 0.717) is 30.8 Å². The summed E-state index contributed by atoms with van der Waals surface area (Å²) in [6, 6.07) is 14.6. The smallest absolute Gasteiger partial charge is 0.273 e. The molecular formula is C25H24N8O3. The molecule has 0 saturated heterocycles. The average Bonchev–Trinajstić information content (AvgIpc) is 3.60. The van der Waals surface area contributed by atoms with Gasteiger partial charge in [0.1, 0.15) is 0 Å². The van der Waals surface area contributed by atoms with E-state index in [1.807, 2.05) is 31.2 Å². The number of rotatable bonds is 9. The molecule has 1 aliphatic heterocycles. The Morgan fingerprint density at radius 2 is 1.53 bits per heavy atom. The number of nitrogens with one attached hydrogen (secondary N) is 1. The third-order valence-corrected chi connectivity index (χ3v) is 5.88. The molecule has 1 aliphatic rings. The summed E-state index contributed by atoms with van der Waals surface area (Å²) < 4.78 is 3.23. The Balaban J connectivity index is 1.09. The first-order chi connectivity index (χ1) is 17.5. The molecule has 2 aromatic carbocycles. The number of carbonyl (C=O) groups is 3. The highest BCUT2D eigenvalue weighted by atomic mass is 16.2. The molecule has 3 amide bonds. The van der Waals surface area contributed by atoms with Crippen LogP contribution in [0.25, 0.3) is 0 Å². The van der Waals surface area contributed by atoms with Crippen LogP contribution in [0.1, 0.15) is 55.2 Å². The monoisotopic (exact) mass is 484 g/mol. The summed E-state index contributed by atoms with van der Waals surface area (Å²) in [7, 11) is 0. The van der Waals surface area contributed by atoms with Crippen LogP contribution in [-0.4, -0.2) is 47.7 Å². The highest BCUT2D eigenvalue weighted by Gasteiger charge is 2.37. The Hall–Kier alpha value is -4.67. The van der Waals surface area contributed by atoms with Gasteiger partial charge in [-0.15, -0.1) is 10.2 Å². The van der Waals surface area contributed by atoms with E-state index in [9.17, 15) is 14.4 Å². The van der Waals surface area contributed by atoms with Gasteiger partial charge >= 0.3 is 0 Å². The van der Waals surface area contributed by atoms with Gasteiger partial charge in [-0.3, -0.25) is 23.7 Å². The molecule has 11 heteroatoms. The van der Waals surface area contributed by atoms with Crippen LogP contribution in [0.3, 0.4) is 0 Å². The fraction of sp³-hybridized carbons (Fsp3) is 0.240. The van der Waals surface area contributed by atoms with Crippen LogP contribution in [-0.2, 0) is 19.6 Å². The fourth-order valence-electron chi connectivity index (χ4n) is 4.05. The number of unbranched alkanes of at least 4 members (excludes halogenated alkanes) is 1. The molecule has 0 bridgehead atoms. The van der Waals surface area contributed by atoms with Gasteiger partial charge < -0.3 is 5.32 Å². The Morgan fingerprint density at radius 1 is 0.861 bits per heavy atom. The van der Waals surface area contributed by atoms with Crippen molar-refractivity contribution in [1.82, 2.24) is 35.3 Å². The summed E-state index contributed by atoms with van der Waals surface area (Å²) in [5, 5.41) is 18.9. The maximum absolute atomic E-state index is 12.6. The molecule has 1 N–H and O–H groups in total. The molecule has 0 radical (unpaired) electrons. The van der Waals surface area contributed by atoms with E-state index < -0.39 is 11.8 Å². The second kappa shape index (κ2) is 9.90. The summed E-state index contributed by atoms with van der Waals surface area (Å²) in [4.78, 5) is 38.6. The van der Waals surface area contributed by atoms with Gasteiger partial charge in [0.05, 0.1) is 23.5 Å². The topological polar surface area (TPSA) is 128 Å². The molecule has 0 unspecified atom stereocenters. The molecule has 36 heavy (non-hydrogen) atoms. The maximum atomic E-state index is 12.6. The first kappa shape index (κ1) is 23.1. The standard InChI is InChI=1S/C25H24N8O3/c1-17-7-6-8-18(13-17)14-26-23(34)21-15-31(29-27-21)11-4-5-12-32-16-22(28-30-32)33-24(35)19-9-2-3-10-20(19)25(33)36/h2-3,6-10,13,15-16H,4-5,11-12,14H2,1H3,(H,26,34). The molecule has 0 saturated carbocycles. The molecule has 2 aromatic heterocycles. The molecule has 11 nitrogen and oxygen atoms in total. The molecule has 5 rings (SSSR count). The van der Waals surface area contributed by atoms with E-state index in [4.69, 9.17) is 0 Å². The van der Waals surface area contributed by atoms with Crippen LogP contribution in [0.15, 0.2) is 60.9 Å². The summed E-state index contributed by atoms with van der Waals surface area (Å²) in [6.45, 7) is 3.56. The number of nitrogens with zero attached hydrogens (tertiary/aromatic N) is 7. The van der Waals surface area contributed by atoms with Crippen molar-refractivity contribution in [3.63, 3.8) is 0 Å². The molecule has 0 atom stereocenters. The van der Waals surface area contributed by atoms with Crippen LogP contribution in [0.2, 0.25) is 0 Å². The van der Waals surface area contributed by atoms with Crippen molar-refractivity contribution in [3.05, 3.63) is 88.9 Å². The van der Waals surface area contributed by atoms with Gasteiger partial charge in [-0.25, -0.2) is 4.90 Å². The number of aromatic nitrogens is 6. The predicted molar refractivity (Wildman–Crippen MR) is 129 cm³/mol. The quantitative estimate of drug-likeness (QED) is 0.285. The third-order valence-electron chi connectivity index (χ3n) is 5.88. The number of anilines is 1. The van der Waals surface area contributed by atoms with Gasteiger partial charge in [0.25, 0.3) is 17.7 Å². The number of fused-ring (bicyclic) bond motifs is 1. The van der Waals surface area contributed by atoms with Crippen molar-refractivity contribution < 1.29 is 14.4 Å². The van der Waals surface area contributed by atoms with Crippen LogP contribution >= 0.6 is 0 Å². The van der Waals surface area contributed by atoms with Crippen molar-refractivity contribution in [2.24, 2.45) is 0 Å². The second-order valence-corrected chi connectivity index (χ2v) is 8.58. The van der Waals surface area contributed by atoms with E-state index in [0.717, 1.165) is 28.9 Å². The number of benzene rings is 2. The average molecular weight is 485 g/mol. The summed E-state index contributed by atoms with van der Waals surface area (Å²) in [5.41, 5.74) is 3.17. The van der Waals surface area contributed by atoms with Crippen molar-refractivity contribution in [2.45, 2.75) is 39.4 Å². The third kappa shape index (κ3) is 4.76. The van der Waals surface area contributed by atoms with E-state index in [1.54, 1.807) is 46.0 Å². The van der Waals surface area contributed by atoms with Gasteiger partial charge in [0, 0.05) is 19.6 Å². The van der Waals surface area contributed by atoms with Crippen LogP contribution < -0.4 is 10.2 Å². The zero-order valence-corrected chi connectivity index (χ0v) is 19.7. The van der Waals surface area contributed by atoms with Gasteiger partial charge in [-0.2, -0.15) is 0 Å². The van der Waals surface area contributed by atoms with Gasteiger partial charge in [-0.05, 0) is 37.5 Å². The fourth-order valence-corrected chi connectivity index (χ4v) is 4.05. The summed E-state index contributed by atoms with van der Waals surface area (Å²) in [5.74, 6) is -0.857. The number of imide groups is 1. The molecule has 4 aromatic rings. The molecule has 182 valence electrons. The zero-order chi connectivity index (χ0) is 25.1. The Labute approximate surface area is 206 Å². The summed E-state index contributed by atoms with van der Waals surface area (Å²) >= 11 is 0. The Morgan fingerprint density at radius 3 is 2.22 bits per heavy atom. The zero-order valence-electron chi connectivity index (χ0n) is 19.7. The second-order valence-electron chi connectivity index (χ2n) is 8.58. The largest absolute Gasteiger partial charge is 0.347 e. The summed E-state index contributed by atoms with van der Waals surface area (Å²) in [6.07, 6.45) is 4.73. The Kier molecular flexibility index (Phi) is 6.35. The normalized spacial score (nSPS) is 12.8. The van der Waals surface area contributed by atoms with E-state index >= 15 is 0 Å². The first-order valence-corrected chi connectivity index (χ1v) is 11.6. The Bertz CT molecular complexity index is 1410. The lowest BCUT2D eigenvalue weighted by Crippen LogP contribution is -2.29. The van der Waals surface area contributed by atoms with E-state index in [2.05, 4.69) is 25.9 Å². The first-order valence-electron chi connectivity index (χ1n) is 11.6. The number of hydrogen-bond donors (Lipinski definition) is 1. The van der Waals surface area contributed by atoms with Gasteiger partial charge in [0.15, 0.2) is 11.5 Å². The minimum atomic E-state index is -0.396. The van der Waals surface area contributed by atoms with Crippen LogP contribution in [0, 0.1) is 6.92 Å². The molecule has 3 heterocycles. The number of aryl methyl sites for hydroxylation is 3. The minimum Gasteiger partial charge on any atom is -0.347 e. The minimum absolute atomic E-state index is 0.207. The predicted octanol–water partition coefficient (Wildman–Crippen LogP) is 2.39. The highest BCUT2D eigenvalue weighted by molar-refractivity contribution is 6.34. The maximum Gasteiger partial charge on any atom is 0.273 e. The lowest BCUT2D eigenvalue weighted by Gasteiger charge is -2.08. The SMILES string of the molecule is Cc1cccc(CNC(=O)c2cn(CCCCn3cc(N4C(=O)c5ccccc5C4=O)nn3)nn2)c1. The lowest BCUT2D eigenvalue weighted by atomic mass is 10.1. The highest BCUT2D eigenvalue weighted by Crippen LogP contribution is 2.26. The number of hydrogen-bond acceptors (Lipinski definition) is 7. The van der Waals surface area contributed by atoms with Crippen molar-refractivity contribution in [1.29, 1.82) is 0 Å². The lowest BCUT2D eigenvalue weighted by molar-refractivity contribution is 0.0920. The van der Waals surface area contributed by atoms with E-state index in [1.165, 1.54) is 0 Å². The number of carbonyl (C=O) groups excluding carboxylic acids is 3. The molecule has 0 fully saturated rings.